The molecule has 2 aliphatic heterocycles. The second-order valence-corrected chi connectivity index (χ2v) is 13.2. The van der Waals surface area contributed by atoms with Crippen LogP contribution >= 0.6 is 11.6 Å². The number of halogens is 6. The maximum Gasteiger partial charge on any atom is 0.416 e. The van der Waals surface area contributed by atoms with Crippen molar-refractivity contribution < 1.29 is 41.0 Å². The lowest BCUT2D eigenvalue weighted by Gasteiger charge is -2.44. The number of alkyl halides is 4. The number of hydrogen-bond acceptors (Lipinski definition) is 5. The van der Waals surface area contributed by atoms with Crippen molar-refractivity contribution in [1.82, 2.24) is 9.80 Å². The predicted octanol–water partition coefficient (Wildman–Crippen LogP) is 6.92. The van der Waals surface area contributed by atoms with Gasteiger partial charge in [-0.2, -0.15) is 13.2 Å². The molecule has 1 saturated carbocycles. The largest absolute Gasteiger partial charge is 0.490 e. The fourth-order valence-electron chi connectivity index (χ4n) is 5.71. The van der Waals surface area contributed by atoms with Gasteiger partial charge in [-0.15, -0.1) is 0 Å². The number of rotatable bonds is 8. The summed E-state index contributed by atoms with van der Waals surface area (Å²) in [5.74, 6) is -1.83. The monoisotopic (exact) mass is 628 g/mol. The first kappa shape index (κ1) is 31.5. The Bertz CT molecular complexity index is 1400. The lowest BCUT2D eigenvalue weighted by atomic mass is 9.95. The molecule has 3 aliphatic rings. The van der Waals surface area contributed by atoms with Crippen molar-refractivity contribution in [3.8, 4) is 5.75 Å². The predicted molar refractivity (Wildman–Crippen MR) is 149 cm³/mol. The zero-order valence-corrected chi connectivity index (χ0v) is 25.0. The molecule has 2 saturated heterocycles. The van der Waals surface area contributed by atoms with Gasteiger partial charge >= 0.3 is 12.1 Å². The maximum absolute atomic E-state index is 15.4. The summed E-state index contributed by atoms with van der Waals surface area (Å²) in [6.45, 7) is 4.64. The summed E-state index contributed by atoms with van der Waals surface area (Å²) in [6.07, 6.45) is -1.99. The van der Waals surface area contributed by atoms with Crippen LogP contribution in [0, 0.1) is 5.82 Å². The molecule has 1 amide bonds. The van der Waals surface area contributed by atoms with E-state index >= 15 is 8.78 Å². The number of carbonyl (C=O) groups excluding carboxylic acids is 2. The fourth-order valence-corrected chi connectivity index (χ4v) is 5.88. The van der Waals surface area contributed by atoms with Gasteiger partial charge < -0.3 is 14.4 Å². The lowest BCUT2D eigenvalue weighted by Crippen LogP contribution is -2.61. The minimum Gasteiger partial charge on any atom is -0.490 e. The third kappa shape index (κ3) is 7.25. The molecular weight excluding hydrogens is 595 g/mol. The van der Waals surface area contributed by atoms with Crippen molar-refractivity contribution in [3.63, 3.8) is 0 Å². The summed E-state index contributed by atoms with van der Waals surface area (Å²) < 4.78 is 82.3. The zero-order chi connectivity index (χ0) is 31.3. The average molecular weight is 629 g/mol. The van der Waals surface area contributed by atoms with Crippen molar-refractivity contribution in [2.24, 2.45) is 0 Å². The van der Waals surface area contributed by atoms with E-state index in [1.807, 2.05) is 0 Å². The first-order valence-electron chi connectivity index (χ1n) is 14.3. The Labute approximate surface area is 252 Å². The van der Waals surface area contributed by atoms with Gasteiger partial charge in [0.05, 0.1) is 11.1 Å². The van der Waals surface area contributed by atoms with E-state index in [0.717, 1.165) is 25.0 Å². The highest BCUT2D eigenvalue weighted by atomic mass is 35.5. The Morgan fingerprint density at radius 2 is 1.77 bits per heavy atom. The Hall–Kier alpha value is -2.92. The number of likely N-dealkylation sites (tertiary alicyclic amines) is 2. The molecule has 6 nitrogen and oxygen atoms in total. The van der Waals surface area contributed by atoms with Crippen molar-refractivity contribution >= 4 is 23.5 Å². The smallest absolute Gasteiger partial charge is 0.416 e. The Kier molecular flexibility index (Phi) is 8.45. The van der Waals surface area contributed by atoms with Crippen LogP contribution in [0.1, 0.15) is 79.4 Å². The molecule has 2 aromatic carbocycles. The molecule has 0 spiro atoms. The number of benzene rings is 2. The highest BCUT2D eigenvalue weighted by Crippen LogP contribution is 2.46. The van der Waals surface area contributed by atoms with E-state index in [1.165, 1.54) is 28.0 Å². The minimum absolute atomic E-state index is 0.00914. The maximum atomic E-state index is 15.4. The number of amides is 1. The van der Waals surface area contributed by atoms with Crippen LogP contribution in [0.2, 0.25) is 5.02 Å². The van der Waals surface area contributed by atoms with Crippen LogP contribution in [0.15, 0.2) is 30.3 Å². The van der Waals surface area contributed by atoms with Crippen LogP contribution in [0.5, 0.6) is 5.75 Å². The van der Waals surface area contributed by atoms with E-state index < -0.39 is 53.4 Å². The van der Waals surface area contributed by atoms with E-state index in [0.29, 0.717) is 24.9 Å². The number of esters is 1. The first-order chi connectivity index (χ1) is 20.0. The normalized spacial score (nSPS) is 20.6. The van der Waals surface area contributed by atoms with Gasteiger partial charge in [0, 0.05) is 37.3 Å². The quantitative estimate of drug-likeness (QED) is 0.235. The molecule has 1 atom stereocenters. The van der Waals surface area contributed by atoms with Gasteiger partial charge in [0.25, 0.3) is 5.91 Å². The third-order valence-corrected chi connectivity index (χ3v) is 8.05. The molecule has 5 rings (SSSR count). The van der Waals surface area contributed by atoms with Crippen LogP contribution in [-0.2, 0) is 22.3 Å². The molecule has 0 bridgehead atoms. The summed E-state index contributed by atoms with van der Waals surface area (Å²) >= 11 is 5.75. The Balaban J connectivity index is 1.25. The number of ether oxygens (including phenoxy) is 2. The highest BCUT2D eigenvalue weighted by molar-refractivity contribution is 6.30. The van der Waals surface area contributed by atoms with E-state index in [1.54, 1.807) is 20.8 Å². The van der Waals surface area contributed by atoms with E-state index in [-0.39, 0.29) is 47.5 Å². The first-order valence-corrected chi connectivity index (χ1v) is 14.7. The minimum atomic E-state index is -4.59. The van der Waals surface area contributed by atoms with Crippen molar-refractivity contribution in [2.75, 3.05) is 26.2 Å². The zero-order valence-electron chi connectivity index (χ0n) is 24.2. The second-order valence-electron chi connectivity index (χ2n) is 12.7. The SMILES string of the molecule is CC(C)(C)OC(=O)[C@@H]1CCCN1C(=O)c1cc(C2CC2)c(OCC2(F)CN(Cc3ccc(Cl)cc3C(F)(F)F)C2)cc1F. The summed E-state index contributed by atoms with van der Waals surface area (Å²) in [7, 11) is 0. The average Bonchev–Trinajstić information content (AvgIpc) is 3.60. The molecule has 2 aromatic rings. The molecule has 12 heteroatoms. The number of hydrogen-bond donors (Lipinski definition) is 0. The molecular formula is C31H34ClF5N2O4. The van der Waals surface area contributed by atoms with Crippen molar-refractivity contribution in [1.29, 1.82) is 0 Å². The standard InChI is InChI=1S/C31H34ClF5N2O4/c1-29(2,3)43-28(41)25-5-4-10-39(25)27(40)22-12-21(18-6-7-18)26(13-24(22)33)42-17-30(34)15-38(16-30)14-19-8-9-20(32)11-23(19)31(35,36)37/h8-9,11-13,18,25H,4-7,10,14-17H2,1-3H3/t25-/m0/s1. The lowest BCUT2D eigenvalue weighted by molar-refractivity contribution is -0.159. The molecule has 234 valence electrons. The van der Waals surface area contributed by atoms with Crippen molar-refractivity contribution in [2.45, 2.75) is 82.4 Å². The third-order valence-electron chi connectivity index (χ3n) is 7.81. The molecule has 0 radical (unpaired) electrons. The van der Waals surface area contributed by atoms with Crippen LogP contribution in [-0.4, -0.2) is 65.2 Å². The summed E-state index contributed by atoms with van der Waals surface area (Å²) in [5.41, 5.74) is -3.03. The fraction of sp³-hybridized carbons (Fsp3) is 0.548. The van der Waals surface area contributed by atoms with Crippen LogP contribution in [0.4, 0.5) is 22.0 Å². The Morgan fingerprint density at radius 1 is 1.07 bits per heavy atom. The van der Waals surface area contributed by atoms with E-state index in [2.05, 4.69) is 0 Å². The molecule has 3 fully saturated rings. The van der Waals surface area contributed by atoms with Gasteiger partial charge in [0.1, 0.15) is 29.8 Å². The van der Waals surface area contributed by atoms with Gasteiger partial charge in [0.2, 0.25) is 0 Å². The summed E-state index contributed by atoms with van der Waals surface area (Å²) in [6, 6.07) is 5.22. The molecule has 43 heavy (non-hydrogen) atoms. The molecule has 1 aliphatic carbocycles. The molecule has 2 heterocycles. The van der Waals surface area contributed by atoms with E-state index in [4.69, 9.17) is 21.1 Å². The van der Waals surface area contributed by atoms with Gasteiger partial charge in [-0.05, 0) is 81.7 Å². The van der Waals surface area contributed by atoms with Gasteiger partial charge in [0.15, 0.2) is 5.67 Å². The molecule has 0 unspecified atom stereocenters. The van der Waals surface area contributed by atoms with Gasteiger partial charge in [-0.25, -0.2) is 13.6 Å². The molecule has 0 aromatic heterocycles. The van der Waals surface area contributed by atoms with Crippen LogP contribution in [0.25, 0.3) is 0 Å². The molecule has 0 N–H and O–H groups in total. The van der Waals surface area contributed by atoms with Gasteiger partial charge in [-0.3, -0.25) is 9.69 Å². The second kappa shape index (κ2) is 11.5. The van der Waals surface area contributed by atoms with E-state index in [9.17, 15) is 22.8 Å². The highest BCUT2D eigenvalue weighted by Gasteiger charge is 2.46. The number of nitrogens with zero attached hydrogens (tertiary/aromatic N) is 2. The van der Waals surface area contributed by atoms with Crippen LogP contribution < -0.4 is 4.74 Å². The summed E-state index contributed by atoms with van der Waals surface area (Å²) in [4.78, 5) is 29.0. The number of carbonyl (C=O) groups is 2. The van der Waals surface area contributed by atoms with Crippen molar-refractivity contribution in [3.05, 3.63) is 63.4 Å². The summed E-state index contributed by atoms with van der Waals surface area (Å²) in [5, 5.41) is -0.0392. The Morgan fingerprint density at radius 3 is 2.40 bits per heavy atom. The van der Waals surface area contributed by atoms with Gasteiger partial charge in [-0.1, -0.05) is 17.7 Å². The topological polar surface area (TPSA) is 59.1 Å². The van der Waals surface area contributed by atoms with Crippen LogP contribution in [0.3, 0.4) is 0 Å².